The lowest BCUT2D eigenvalue weighted by Gasteiger charge is -2.08. The van der Waals surface area contributed by atoms with Gasteiger partial charge < -0.3 is 4.74 Å². The Morgan fingerprint density at radius 2 is 1.95 bits per heavy atom. The second-order valence-electron chi connectivity index (χ2n) is 4.90. The van der Waals surface area contributed by atoms with Crippen LogP contribution in [0.4, 0.5) is 0 Å². The molecule has 0 saturated heterocycles. The van der Waals surface area contributed by atoms with E-state index < -0.39 is 0 Å². The molecule has 0 aliphatic heterocycles. The molecule has 1 aromatic carbocycles. The molecule has 3 heteroatoms. The van der Waals surface area contributed by atoms with Gasteiger partial charge in [0.25, 0.3) is 0 Å². The molecule has 0 radical (unpaired) electrons. The Kier molecular flexibility index (Phi) is 4.18. The number of rotatable bonds is 3. The van der Waals surface area contributed by atoms with Crippen molar-refractivity contribution in [3.05, 3.63) is 46.7 Å². The quantitative estimate of drug-likeness (QED) is 0.629. The number of carbonyl (C=O) groups is 1. The topological polar surface area (TPSA) is 39.2 Å². The molecule has 2 rings (SSSR count). The molecule has 1 heterocycles. The molecule has 0 aliphatic carbocycles. The van der Waals surface area contributed by atoms with E-state index in [0.717, 1.165) is 27.7 Å². The number of nitrogens with zero attached hydrogens (tertiary/aromatic N) is 1. The lowest BCUT2D eigenvalue weighted by Crippen LogP contribution is -1.98. The number of benzene rings is 1. The predicted octanol–water partition coefficient (Wildman–Crippen LogP) is 3.74. The van der Waals surface area contributed by atoms with Gasteiger partial charge in [0.15, 0.2) is 0 Å². The van der Waals surface area contributed by atoms with Gasteiger partial charge in [-0.25, -0.2) is 4.79 Å². The van der Waals surface area contributed by atoms with Crippen LogP contribution in [0.2, 0.25) is 0 Å². The Labute approximate surface area is 119 Å². The number of hydrogen-bond donors (Lipinski definition) is 0. The SMILES string of the molecule is CCOC(=O)/C=C/c1cc(C)c2nc(C)cc(C)c2c1. The molecule has 3 nitrogen and oxygen atoms in total. The molecule has 0 unspecified atom stereocenters. The number of pyridine rings is 1. The first-order valence-corrected chi connectivity index (χ1v) is 6.74. The molecule has 0 aliphatic rings. The van der Waals surface area contributed by atoms with Crippen molar-refractivity contribution >= 4 is 22.9 Å². The van der Waals surface area contributed by atoms with Crippen LogP contribution in [0.15, 0.2) is 24.3 Å². The Bertz CT molecular complexity index is 687. The molecule has 0 N–H and O–H groups in total. The van der Waals surface area contributed by atoms with Gasteiger partial charge in [0.2, 0.25) is 0 Å². The Hall–Kier alpha value is -2.16. The number of aryl methyl sites for hydroxylation is 3. The first-order chi connectivity index (χ1) is 9.51. The van der Waals surface area contributed by atoms with Gasteiger partial charge in [-0.2, -0.15) is 0 Å². The van der Waals surface area contributed by atoms with Gasteiger partial charge in [-0.15, -0.1) is 0 Å². The van der Waals surface area contributed by atoms with Crippen LogP contribution in [0.3, 0.4) is 0 Å². The highest BCUT2D eigenvalue weighted by atomic mass is 16.5. The molecule has 0 atom stereocenters. The summed E-state index contributed by atoms with van der Waals surface area (Å²) < 4.78 is 4.88. The summed E-state index contributed by atoms with van der Waals surface area (Å²) in [5, 5.41) is 1.12. The minimum Gasteiger partial charge on any atom is -0.463 e. The molecular weight excluding hydrogens is 250 g/mol. The third kappa shape index (κ3) is 3.05. The summed E-state index contributed by atoms with van der Waals surface area (Å²) in [5.74, 6) is -0.316. The van der Waals surface area contributed by atoms with Crippen molar-refractivity contribution in [1.82, 2.24) is 4.98 Å². The summed E-state index contributed by atoms with van der Waals surface area (Å²) in [4.78, 5) is 15.9. The molecule has 0 amide bonds. The largest absolute Gasteiger partial charge is 0.463 e. The lowest BCUT2D eigenvalue weighted by molar-refractivity contribution is -0.137. The van der Waals surface area contributed by atoms with E-state index in [4.69, 9.17) is 4.74 Å². The highest BCUT2D eigenvalue weighted by molar-refractivity contribution is 5.90. The third-order valence-electron chi connectivity index (χ3n) is 3.16. The van der Waals surface area contributed by atoms with E-state index in [-0.39, 0.29) is 5.97 Å². The maximum absolute atomic E-state index is 11.4. The van der Waals surface area contributed by atoms with Crippen molar-refractivity contribution in [2.75, 3.05) is 6.61 Å². The Balaban J connectivity index is 2.45. The van der Waals surface area contributed by atoms with E-state index in [1.165, 1.54) is 11.6 Å². The summed E-state index contributed by atoms with van der Waals surface area (Å²) in [6.45, 7) is 8.30. The van der Waals surface area contributed by atoms with Gasteiger partial charge in [0.1, 0.15) is 0 Å². The van der Waals surface area contributed by atoms with Gasteiger partial charge in [-0.05, 0) is 68.7 Å². The van der Waals surface area contributed by atoms with E-state index in [0.29, 0.717) is 6.61 Å². The van der Waals surface area contributed by atoms with E-state index in [1.54, 1.807) is 13.0 Å². The molecule has 2 aromatic rings. The number of fused-ring (bicyclic) bond motifs is 1. The van der Waals surface area contributed by atoms with Crippen LogP contribution >= 0.6 is 0 Å². The van der Waals surface area contributed by atoms with Crippen molar-refractivity contribution in [2.45, 2.75) is 27.7 Å². The summed E-state index contributed by atoms with van der Waals surface area (Å²) in [7, 11) is 0. The van der Waals surface area contributed by atoms with Crippen molar-refractivity contribution in [3.8, 4) is 0 Å². The fourth-order valence-electron chi connectivity index (χ4n) is 2.31. The van der Waals surface area contributed by atoms with Gasteiger partial charge in [0, 0.05) is 17.2 Å². The maximum Gasteiger partial charge on any atom is 0.330 e. The Morgan fingerprint density at radius 3 is 2.65 bits per heavy atom. The first-order valence-electron chi connectivity index (χ1n) is 6.74. The Morgan fingerprint density at radius 1 is 1.20 bits per heavy atom. The van der Waals surface area contributed by atoms with Gasteiger partial charge in [-0.1, -0.05) is 0 Å². The number of esters is 1. The van der Waals surface area contributed by atoms with E-state index in [9.17, 15) is 4.79 Å². The van der Waals surface area contributed by atoms with E-state index >= 15 is 0 Å². The molecule has 1 aromatic heterocycles. The standard InChI is InChI=1S/C17H19NO2/c1-5-20-16(19)7-6-14-9-12(3)17-15(10-14)11(2)8-13(4)18-17/h6-10H,5H2,1-4H3/b7-6+. The zero-order chi connectivity index (χ0) is 14.7. The van der Waals surface area contributed by atoms with Crippen LogP contribution in [0, 0.1) is 20.8 Å². The number of carbonyl (C=O) groups excluding carboxylic acids is 1. The summed E-state index contributed by atoms with van der Waals surface area (Å²) in [6, 6.07) is 6.16. The fraction of sp³-hybridized carbons (Fsp3) is 0.294. The smallest absolute Gasteiger partial charge is 0.330 e. The monoisotopic (exact) mass is 269 g/mol. The van der Waals surface area contributed by atoms with Crippen molar-refractivity contribution in [3.63, 3.8) is 0 Å². The molecule has 0 saturated carbocycles. The minimum atomic E-state index is -0.316. The number of hydrogen-bond acceptors (Lipinski definition) is 3. The predicted molar refractivity (Wildman–Crippen MR) is 81.6 cm³/mol. The van der Waals surface area contributed by atoms with Crippen LogP contribution in [-0.4, -0.2) is 17.6 Å². The zero-order valence-electron chi connectivity index (χ0n) is 12.4. The minimum absolute atomic E-state index is 0.316. The van der Waals surface area contributed by atoms with Crippen molar-refractivity contribution in [1.29, 1.82) is 0 Å². The summed E-state index contributed by atoms with van der Waals surface area (Å²) in [6.07, 6.45) is 3.24. The highest BCUT2D eigenvalue weighted by Gasteiger charge is 2.05. The molecule has 0 fully saturated rings. The summed E-state index contributed by atoms with van der Waals surface area (Å²) >= 11 is 0. The van der Waals surface area contributed by atoms with Gasteiger partial charge in [0.05, 0.1) is 12.1 Å². The first kappa shape index (κ1) is 14.3. The van der Waals surface area contributed by atoms with Crippen LogP contribution < -0.4 is 0 Å². The van der Waals surface area contributed by atoms with Crippen LogP contribution in [0.25, 0.3) is 17.0 Å². The second kappa shape index (κ2) is 5.87. The number of aromatic nitrogens is 1. The van der Waals surface area contributed by atoms with E-state index in [1.807, 2.05) is 19.9 Å². The highest BCUT2D eigenvalue weighted by Crippen LogP contribution is 2.23. The zero-order valence-corrected chi connectivity index (χ0v) is 12.4. The second-order valence-corrected chi connectivity index (χ2v) is 4.90. The molecule has 0 spiro atoms. The normalized spacial score (nSPS) is 11.2. The maximum atomic E-state index is 11.4. The van der Waals surface area contributed by atoms with Crippen molar-refractivity contribution in [2.24, 2.45) is 0 Å². The average molecular weight is 269 g/mol. The van der Waals surface area contributed by atoms with Crippen LogP contribution in [-0.2, 0) is 9.53 Å². The number of ether oxygens (including phenoxy) is 1. The molecule has 104 valence electrons. The van der Waals surface area contributed by atoms with Crippen LogP contribution in [0.5, 0.6) is 0 Å². The fourth-order valence-corrected chi connectivity index (χ4v) is 2.31. The summed E-state index contributed by atoms with van der Waals surface area (Å²) in [5.41, 5.74) is 5.33. The molecule has 20 heavy (non-hydrogen) atoms. The van der Waals surface area contributed by atoms with Crippen LogP contribution in [0.1, 0.15) is 29.3 Å². The van der Waals surface area contributed by atoms with Crippen molar-refractivity contribution < 1.29 is 9.53 Å². The van der Waals surface area contributed by atoms with Gasteiger partial charge in [-0.3, -0.25) is 4.98 Å². The van der Waals surface area contributed by atoms with E-state index in [2.05, 4.69) is 24.0 Å². The third-order valence-corrected chi connectivity index (χ3v) is 3.16. The lowest BCUT2D eigenvalue weighted by atomic mass is 10.0. The molecular formula is C17H19NO2. The average Bonchev–Trinajstić information content (AvgIpc) is 2.38. The molecule has 0 bridgehead atoms. The van der Waals surface area contributed by atoms with Gasteiger partial charge >= 0.3 is 5.97 Å².